The molecule has 41 heavy (non-hydrogen) atoms. The van der Waals surface area contributed by atoms with Crippen molar-refractivity contribution >= 4 is 38.5 Å². The van der Waals surface area contributed by atoms with E-state index in [2.05, 4.69) is 36.5 Å². The second-order valence-electron chi connectivity index (χ2n) is 10.3. The van der Waals surface area contributed by atoms with Crippen LogP contribution in [0.4, 0.5) is 20.3 Å². The first-order valence-electron chi connectivity index (χ1n) is 13.4. The van der Waals surface area contributed by atoms with Gasteiger partial charge in [0, 0.05) is 74.4 Å². The molecule has 0 bridgehead atoms. The van der Waals surface area contributed by atoms with Crippen molar-refractivity contribution in [2.75, 3.05) is 55.9 Å². The van der Waals surface area contributed by atoms with Crippen molar-refractivity contribution in [2.45, 2.75) is 12.8 Å². The number of piperazine rings is 1. The fraction of sp³-hybridized carbons (Fsp3) is 0.321. The first-order valence-corrected chi connectivity index (χ1v) is 14.8. The largest absolute Gasteiger partial charge is 0.354 e. The molecule has 13 heteroatoms. The van der Waals surface area contributed by atoms with E-state index in [0.29, 0.717) is 42.5 Å². The lowest BCUT2D eigenvalue weighted by atomic mass is 10.00. The molecule has 0 saturated carbocycles. The van der Waals surface area contributed by atoms with E-state index >= 15 is 4.39 Å². The number of halogens is 2. The van der Waals surface area contributed by atoms with Gasteiger partial charge in [-0.15, -0.1) is 0 Å². The van der Waals surface area contributed by atoms with Crippen LogP contribution in [-0.4, -0.2) is 84.7 Å². The van der Waals surface area contributed by atoms with Crippen molar-refractivity contribution in [3.05, 3.63) is 71.7 Å². The molecule has 2 fully saturated rings. The highest BCUT2D eigenvalue weighted by Crippen LogP contribution is 2.31. The summed E-state index contributed by atoms with van der Waals surface area (Å²) in [5.74, 6) is -2.47. The summed E-state index contributed by atoms with van der Waals surface area (Å²) in [4.78, 5) is 29.8. The van der Waals surface area contributed by atoms with Gasteiger partial charge in [-0.05, 0) is 55.8 Å². The number of pyridine rings is 2. The highest BCUT2D eigenvalue weighted by atomic mass is 32.2. The minimum absolute atomic E-state index is 0.0139. The molecule has 1 aromatic carbocycles. The summed E-state index contributed by atoms with van der Waals surface area (Å²) in [7, 11) is -1.97. The van der Waals surface area contributed by atoms with E-state index in [9.17, 15) is 17.6 Å². The summed E-state index contributed by atoms with van der Waals surface area (Å²) < 4.78 is 59.2. The third kappa shape index (κ3) is 5.27. The zero-order chi connectivity index (χ0) is 28.7. The predicted molar refractivity (Wildman–Crippen MR) is 152 cm³/mol. The topological polar surface area (TPSA) is 115 Å². The second-order valence-corrected chi connectivity index (χ2v) is 12.0. The van der Waals surface area contributed by atoms with Gasteiger partial charge in [0.25, 0.3) is 0 Å². The number of ketones is 1. The van der Waals surface area contributed by atoms with Crippen LogP contribution in [0, 0.1) is 11.6 Å². The van der Waals surface area contributed by atoms with Crippen LogP contribution in [0.15, 0.2) is 48.9 Å². The van der Waals surface area contributed by atoms with Gasteiger partial charge in [0.2, 0.25) is 5.78 Å². The zero-order valence-corrected chi connectivity index (χ0v) is 23.2. The lowest BCUT2D eigenvalue weighted by Crippen LogP contribution is -2.44. The third-order valence-corrected chi connectivity index (χ3v) is 9.17. The Balaban J connectivity index is 1.33. The molecule has 2 N–H and O–H groups in total. The number of carbonyl (C=O) groups excluding carboxylic acids is 1. The Morgan fingerprint density at radius 1 is 0.976 bits per heavy atom. The average molecular weight is 582 g/mol. The quantitative estimate of drug-likeness (QED) is 0.321. The molecule has 5 heterocycles. The number of nitrogens with one attached hydrogen (secondary N) is 2. The maximum atomic E-state index is 15.5. The van der Waals surface area contributed by atoms with E-state index < -0.39 is 38.9 Å². The van der Waals surface area contributed by atoms with Crippen molar-refractivity contribution in [3.63, 3.8) is 0 Å². The van der Waals surface area contributed by atoms with E-state index in [1.807, 2.05) is 12.1 Å². The first-order chi connectivity index (χ1) is 19.7. The summed E-state index contributed by atoms with van der Waals surface area (Å²) in [5.41, 5.74) is 0.584. The van der Waals surface area contributed by atoms with Gasteiger partial charge in [-0.3, -0.25) is 9.52 Å². The maximum absolute atomic E-state index is 15.5. The van der Waals surface area contributed by atoms with Gasteiger partial charge in [-0.2, -0.15) is 12.7 Å². The Kier molecular flexibility index (Phi) is 7.18. The molecule has 0 amide bonds. The number of likely N-dealkylation sites (N-methyl/N-ethyl adjacent to an activating group) is 1. The van der Waals surface area contributed by atoms with Crippen LogP contribution >= 0.6 is 0 Å². The number of H-pyrrole nitrogens is 1. The first kappa shape index (κ1) is 27.2. The molecule has 3 aromatic heterocycles. The number of hydrogen-bond donors (Lipinski definition) is 2. The molecule has 2 aliphatic rings. The van der Waals surface area contributed by atoms with E-state index in [1.54, 1.807) is 18.5 Å². The summed E-state index contributed by atoms with van der Waals surface area (Å²) in [6.45, 7) is 4.19. The molecular formula is C28H29F2N7O3S. The lowest BCUT2D eigenvalue weighted by molar-refractivity contribution is 0.103. The Labute approximate surface area is 236 Å². The molecule has 2 saturated heterocycles. The van der Waals surface area contributed by atoms with E-state index in [0.717, 1.165) is 49.7 Å². The van der Waals surface area contributed by atoms with Gasteiger partial charge < -0.3 is 14.8 Å². The van der Waals surface area contributed by atoms with Gasteiger partial charge in [0.05, 0.1) is 11.3 Å². The van der Waals surface area contributed by atoms with Gasteiger partial charge in [-0.25, -0.2) is 18.7 Å². The van der Waals surface area contributed by atoms with Crippen LogP contribution in [0.25, 0.3) is 22.2 Å². The number of fused-ring (bicyclic) bond motifs is 1. The molecule has 10 nitrogen and oxygen atoms in total. The van der Waals surface area contributed by atoms with Crippen molar-refractivity contribution in [1.29, 1.82) is 0 Å². The van der Waals surface area contributed by atoms with E-state index in [1.165, 1.54) is 10.5 Å². The zero-order valence-electron chi connectivity index (χ0n) is 22.4. The van der Waals surface area contributed by atoms with Crippen LogP contribution < -0.4 is 9.62 Å². The molecule has 4 aromatic rings. The number of anilines is 2. The Morgan fingerprint density at radius 3 is 2.49 bits per heavy atom. The van der Waals surface area contributed by atoms with Crippen LogP contribution in [0.5, 0.6) is 0 Å². The average Bonchev–Trinajstić information content (AvgIpc) is 3.66. The predicted octanol–water partition coefficient (Wildman–Crippen LogP) is 3.64. The molecule has 6 rings (SSSR count). The SMILES string of the molecule is CN1CCN(c2cc(-c3cnc4[nH]cc(C(=O)c5c(F)ccc(NS(=O)(=O)N6CCCC6)c5F)c4c3)ccn2)CC1. The van der Waals surface area contributed by atoms with Crippen molar-refractivity contribution < 1.29 is 22.0 Å². The third-order valence-electron chi connectivity index (χ3n) is 7.64. The maximum Gasteiger partial charge on any atom is 0.301 e. The number of rotatable bonds is 7. The summed E-state index contributed by atoms with van der Waals surface area (Å²) in [6.07, 6.45) is 6.13. The Bertz CT molecular complexity index is 1730. The van der Waals surface area contributed by atoms with Crippen LogP contribution in [0.3, 0.4) is 0 Å². The summed E-state index contributed by atoms with van der Waals surface area (Å²) in [6, 6.07) is 7.40. The minimum atomic E-state index is -4.05. The standard InChI is InChI=1S/C28H29F2N7O3S/c1-35-10-12-36(13-11-35)24-15-18(6-7-31-24)19-14-20-21(17-33-28(20)32-16-19)27(38)25-22(29)4-5-23(26(25)30)34-41(39,40)37-8-2-3-9-37/h4-7,14-17,34H,2-3,8-13H2,1H3,(H,32,33). The minimum Gasteiger partial charge on any atom is -0.354 e. The van der Waals surface area contributed by atoms with Gasteiger partial charge in [0.15, 0.2) is 5.82 Å². The molecule has 0 spiro atoms. The smallest absolute Gasteiger partial charge is 0.301 e. The number of hydrogen-bond acceptors (Lipinski definition) is 7. The van der Waals surface area contributed by atoms with Crippen molar-refractivity contribution in [2.24, 2.45) is 0 Å². The molecule has 0 radical (unpaired) electrons. The molecule has 0 aliphatic carbocycles. The van der Waals surface area contributed by atoms with Crippen molar-refractivity contribution in [3.8, 4) is 11.1 Å². The summed E-state index contributed by atoms with van der Waals surface area (Å²) >= 11 is 0. The highest BCUT2D eigenvalue weighted by Gasteiger charge is 2.29. The van der Waals surface area contributed by atoms with Gasteiger partial charge in [-0.1, -0.05) is 0 Å². The molecule has 2 aliphatic heterocycles. The van der Waals surface area contributed by atoms with Crippen molar-refractivity contribution in [1.82, 2.24) is 24.2 Å². The second kappa shape index (κ2) is 10.8. The van der Waals surface area contributed by atoms with Crippen LogP contribution in [-0.2, 0) is 10.2 Å². The Hall–Kier alpha value is -3.94. The van der Waals surface area contributed by atoms with E-state index in [4.69, 9.17) is 0 Å². The normalized spacial score (nSPS) is 16.9. The number of benzene rings is 1. The highest BCUT2D eigenvalue weighted by molar-refractivity contribution is 7.90. The molecule has 214 valence electrons. The number of carbonyl (C=O) groups is 1. The number of nitrogens with zero attached hydrogens (tertiary/aromatic N) is 5. The lowest BCUT2D eigenvalue weighted by Gasteiger charge is -2.33. The van der Waals surface area contributed by atoms with E-state index in [-0.39, 0.29) is 5.56 Å². The number of aromatic amines is 1. The molecule has 0 unspecified atom stereocenters. The van der Waals surface area contributed by atoms with Gasteiger partial charge in [0.1, 0.15) is 17.3 Å². The Morgan fingerprint density at radius 2 is 1.73 bits per heavy atom. The molecule has 0 atom stereocenters. The molecular weight excluding hydrogens is 552 g/mol. The van der Waals surface area contributed by atoms with Crippen LogP contribution in [0.2, 0.25) is 0 Å². The van der Waals surface area contributed by atoms with Crippen LogP contribution in [0.1, 0.15) is 28.8 Å². The summed E-state index contributed by atoms with van der Waals surface area (Å²) in [5, 5.41) is 0.382. The fourth-order valence-corrected chi connectivity index (χ4v) is 6.57. The number of aromatic nitrogens is 3. The fourth-order valence-electron chi connectivity index (χ4n) is 5.26. The van der Waals surface area contributed by atoms with Gasteiger partial charge >= 0.3 is 10.2 Å². The monoisotopic (exact) mass is 581 g/mol.